The Balaban J connectivity index is 1.23. The van der Waals surface area contributed by atoms with Crippen LogP contribution in [0.2, 0.25) is 10.0 Å². The number of benzene rings is 1. The van der Waals surface area contributed by atoms with E-state index >= 15 is 0 Å². The number of amides is 3. The number of halogens is 2. The van der Waals surface area contributed by atoms with E-state index in [1.165, 1.54) is 42.9 Å². The number of methoxy groups -OCH3 is 2. The third-order valence-electron chi connectivity index (χ3n) is 8.74. The van der Waals surface area contributed by atoms with Crippen molar-refractivity contribution in [3.8, 4) is 11.5 Å². The fourth-order valence-electron chi connectivity index (χ4n) is 6.30. The van der Waals surface area contributed by atoms with Crippen molar-refractivity contribution < 1.29 is 19.1 Å². The monoisotopic (exact) mass is 667 g/mol. The second kappa shape index (κ2) is 13.2. The number of fused-ring (bicyclic) bond motifs is 1. The second-order valence-electron chi connectivity index (χ2n) is 11.5. The van der Waals surface area contributed by atoms with Crippen molar-refractivity contribution in [3.63, 3.8) is 0 Å². The van der Waals surface area contributed by atoms with Gasteiger partial charge in [0.15, 0.2) is 5.82 Å². The largest absolute Gasteiger partial charge is 0.495 e. The van der Waals surface area contributed by atoms with Crippen LogP contribution < -0.4 is 34.8 Å². The van der Waals surface area contributed by atoms with Gasteiger partial charge in [0.25, 0.3) is 0 Å². The highest BCUT2D eigenvalue weighted by Gasteiger charge is 2.37. The number of urea groups is 1. The molecule has 3 aliphatic rings. The van der Waals surface area contributed by atoms with Gasteiger partial charge in [-0.2, -0.15) is 10.1 Å². The van der Waals surface area contributed by atoms with Gasteiger partial charge in [0.1, 0.15) is 27.4 Å². The Morgan fingerprint density at radius 2 is 1.76 bits per heavy atom. The molecule has 0 radical (unpaired) electrons. The van der Waals surface area contributed by atoms with Crippen LogP contribution in [0.5, 0.6) is 11.5 Å². The van der Waals surface area contributed by atoms with Gasteiger partial charge in [-0.3, -0.25) is 14.6 Å². The van der Waals surface area contributed by atoms with E-state index in [1.807, 2.05) is 6.07 Å². The molecule has 2 fully saturated rings. The summed E-state index contributed by atoms with van der Waals surface area (Å²) in [4.78, 5) is 40.2. The van der Waals surface area contributed by atoms with E-state index < -0.39 is 6.03 Å². The summed E-state index contributed by atoms with van der Waals surface area (Å²) in [6, 6.07) is 4.63. The van der Waals surface area contributed by atoms with Gasteiger partial charge in [0, 0.05) is 43.9 Å². The number of aromatic nitrogens is 4. The Morgan fingerprint density at radius 3 is 2.39 bits per heavy atom. The van der Waals surface area contributed by atoms with Gasteiger partial charge < -0.3 is 25.0 Å². The normalized spacial score (nSPS) is 19.7. The zero-order valence-corrected chi connectivity index (χ0v) is 27.3. The van der Waals surface area contributed by atoms with E-state index in [0.717, 1.165) is 24.4 Å². The van der Waals surface area contributed by atoms with Crippen molar-refractivity contribution in [1.29, 1.82) is 0 Å². The minimum atomic E-state index is -0.404. The van der Waals surface area contributed by atoms with Crippen LogP contribution in [-0.2, 0) is 11.3 Å². The van der Waals surface area contributed by atoms with E-state index in [-0.39, 0.29) is 40.3 Å². The molecule has 1 saturated heterocycles. The number of rotatable bonds is 9. The summed E-state index contributed by atoms with van der Waals surface area (Å²) in [6.45, 7) is 4.71. The number of hydrogen-bond donors (Lipinski definition) is 2. The number of nitrogens with zero attached hydrogens (tertiary/aromatic N) is 7. The molecule has 13 nitrogen and oxygen atoms in total. The molecule has 2 aromatic heterocycles. The van der Waals surface area contributed by atoms with Crippen molar-refractivity contribution in [1.82, 2.24) is 25.5 Å². The Labute approximate surface area is 276 Å². The molecule has 1 aliphatic carbocycles. The van der Waals surface area contributed by atoms with E-state index in [2.05, 4.69) is 43.4 Å². The summed E-state index contributed by atoms with van der Waals surface area (Å²) in [5.74, 6) is 2.27. The maximum absolute atomic E-state index is 13.7. The predicted octanol–water partition coefficient (Wildman–Crippen LogP) is 4.80. The molecule has 46 heavy (non-hydrogen) atoms. The zero-order valence-electron chi connectivity index (χ0n) is 25.8. The highest BCUT2D eigenvalue weighted by molar-refractivity contribution is 6.42. The Morgan fingerprint density at radius 1 is 1.07 bits per heavy atom. The van der Waals surface area contributed by atoms with Crippen LogP contribution >= 0.6 is 23.2 Å². The van der Waals surface area contributed by atoms with Crippen LogP contribution in [0.1, 0.15) is 42.9 Å². The zero-order chi connectivity index (χ0) is 32.5. The number of nitrogens with one attached hydrogen (secondary N) is 2. The molecule has 1 saturated carbocycles. The summed E-state index contributed by atoms with van der Waals surface area (Å²) in [5.41, 5.74) is 1.96. The van der Waals surface area contributed by atoms with Crippen molar-refractivity contribution >= 4 is 58.4 Å². The van der Waals surface area contributed by atoms with Crippen LogP contribution in [0.15, 0.2) is 37.1 Å². The molecule has 2 atom stereocenters. The van der Waals surface area contributed by atoms with Crippen molar-refractivity contribution in [2.75, 3.05) is 54.4 Å². The smallest absolute Gasteiger partial charge is 0.330 e. The molecule has 4 heterocycles. The average molecular weight is 669 g/mol. The lowest BCUT2D eigenvalue weighted by Crippen LogP contribution is -2.47. The first-order valence-electron chi connectivity index (χ1n) is 15.0. The fourth-order valence-corrected chi connectivity index (χ4v) is 7.00. The molecular formula is C31H35Cl2N9O4. The Hall–Kier alpha value is -4.36. The van der Waals surface area contributed by atoms with Gasteiger partial charge in [-0.05, 0) is 31.1 Å². The molecule has 2 N–H and O–H groups in total. The number of hydrogen-bond acceptors (Lipinski definition) is 10. The van der Waals surface area contributed by atoms with E-state index in [0.29, 0.717) is 47.8 Å². The van der Waals surface area contributed by atoms with Crippen LogP contribution in [0.4, 0.5) is 28.1 Å². The number of ether oxygens (including phenoxy) is 2. The first kappa shape index (κ1) is 31.6. The van der Waals surface area contributed by atoms with Gasteiger partial charge in [-0.25, -0.2) is 9.78 Å². The SMILES string of the molecule is C=CC(=O)NC1CN(c2ccc(C3CCCC3)nn2)CC1Nc1ncc2c(n1)N(C)C(=O)N(c1c(Cl)c(OC)cc(OC)c1Cl)C2. The summed E-state index contributed by atoms with van der Waals surface area (Å²) in [5, 5.41) is 15.8. The van der Waals surface area contributed by atoms with Gasteiger partial charge in [-0.15, -0.1) is 5.10 Å². The Kier molecular flexibility index (Phi) is 9.05. The first-order chi connectivity index (χ1) is 22.2. The lowest BCUT2D eigenvalue weighted by atomic mass is 10.0. The van der Waals surface area contributed by atoms with Crippen LogP contribution in [0.25, 0.3) is 0 Å². The van der Waals surface area contributed by atoms with E-state index in [9.17, 15) is 9.59 Å². The van der Waals surface area contributed by atoms with E-state index in [1.54, 1.807) is 19.3 Å². The van der Waals surface area contributed by atoms with Crippen LogP contribution in [0, 0.1) is 0 Å². The number of anilines is 4. The van der Waals surface area contributed by atoms with Crippen LogP contribution in [-0.4, -0.2) is 78.5 Å². The summed E-state index contributed by atoms with van der Waals surface area (Å²) in [6.07, 6.45) is 7.65. The molecule has 2 aliphatic heterocycles. The molecule has 242 valence electrons. The highest BCUT2D eigenvalue weighted by Crippen LogP contribution is 2.47. The quantitative estimate of drug-likeness (QED) is 0.306. The molecule has 0 bridgehead atoms. The molecule has 6 rings (SSSR count). The summed E-state index contributed by atoms with van der Waals surface area (Å²) in [7, 11) is 4.55. The van der Waals surface area contributed by atoms with Crippen molar-refractivity contribution in [2.24, 2.45) is 0 Å². The lowest BCUT2D eigenvalue weighted by molar-refractivity contribution is -0.117. The first-order valence-corrected chi connectivity index (χ1v) is 15.8. The fraction of sp³-hybridized carbons (Fsp3) is 0.419. The maximum Gasteiger partial charge on any atom is 0.330 e. The average Bonchev–Trinajstić information content (AvgIpc) is 3.75. The summed E-state index contributed by atoms with van der Waals surface area (Å²) >= 11 is 13.2. The van der Waals surface area contributed by atoms with E-state index in [4.69, 9.17) is 37.7 Å². The third-order valence-corrected chi connectivity index (χ3v) is 9.47. The van der Waals surface area contributed by atoms with Gasteiger partial charge >= 0.3 is 6.03 Å². The summed E-state index contributed by atoms with van der Waals surface area (Å²) < 4.78 is 10.8. The Bertz CT molecular complexity index is 1620. The molecule has 1 aromatic carbocycles. The highest BCUT2D eigenvalue weighted by atomic mass is 35.5. The van der Waals surface area contributed by atoms with Gasteiger partial charge in [-0.1, -0.05) is 42.6 Å². The standard InChI is InChI=1S/C31H35Cl2N9O4/c1-5-25(43)35-20-15-41(24-11-10-19(38-39-24)17-8-6-7-9-17)16-21(20)36-30-34-13-18-14-42(31(44)40(2)29(18)37-30)28-26(32)22(45-3)12-23(46-4)27(28)33/h5,10-13,17,20-21H,1,6-9,14-16H2,2-4H3,(H,35,43)(H,34,36,37). The molecule has 2 unspecified atom stereocenters. The predicted molar refractivity (Wildman–Crippen MR) is 177 cm³/mol. The number of carbonyl (C=O) groups excluding carboxylic acids is 2. The van der Waals surface area contributed by atoms with Crippen molar-refractivity contribution in [2.45, 2.75) is 50.2 Å². The molecule has 3 aromatic rings. The third kappa shape index (κ3) is 5.96. The van der Waals surface area contributed by atoms with Gasteiger partial charge in [0.2, 0.25) is 11.9 Å². The second-order valence-corrected chi connectivity index (χ2v) is 12.3. The van der Waals surface area contributed by atoms with Crippen molar-refractivity contribution in [3.05, 3.63) is 58.4 Å². The van der Waals surface area contributed by atoms with Gasteiger partial charge in [0.05, 0.1) is 44.2 Å². The molecule has 3 amide bonds. The number of carbonyl (C=O) groups is 2. The maximum atomic E-state index is 13.7. The lowest BCUT2D eigenvalue weighted by Gasteiger charge is -2.35. The minimum absolute atomic E-state index is 0.110. The minimum Gasteiger partial charge on any atom is -0.495 e. The molecular weight excluding hydrogens is 633 g/mol. The topological polar surface area (TPSA) is 138 Å². The molecule has 0 spiro atoms. The van der Waals surface area contributed by atoms with Crippen LogP contribution in [0.3, 0.4) is 0 Å². The molecule has 15 heteroatoms.